The van der Waals surface area contributed by atoms with Crippen LogP contribution in [0, 0.1) is 11.7 Å². The minimum atomic E-state index is -0.460. The maximum Gasteiger partial charge on any atom is 0.251 e. The molecule has 1 aliphatic carbocycles. The summed E-state index contributed by atoms with van der Waals surface area (Å²) in [6.45, 7) is 2.31. The van der Waals surface area contributed by atoms with Crippen molar-refractivity contribution in [3.8, 4) is 0 Å². The smallest absolute Gasteiger partial charge is 0.251 e. The van der Waals surface area contributed by atoms with Gasteiger partial charge in [0.2, 0.25) is 5.91 Å². The van der Waals surface area contributed by atoms with Crippen molar-refractivity contribution < 1.29 is 14.0 Å². The number of hydrogen-bond donors (Lipinski definition) is 2. The zero-order chi connectivity index (χ0) is 25.1. The van der Waals surface area contributed by atoms with Crippen LogP contribution in [0.4, 0.5) is 4.39 Å². The molecule has 1 aromatic heterocycles. The van der Waals surface area contributed by atoms with Crippen molar-refractivity contribution in [1.29, 1.82) is 0 Å². The Morgan fingerprint density at radius 3 is 2.34 bits per heavy atom. The Labute approximate surface area is 209 Å². The summed E-state index contributed by atoms with van der Waals surface area (Å²) >= 11 is 0. The van der Waals surface area contributed by atoms with Crippen LogP contribution >= 0.6 is 0 Å². The van der Waals surface area contributed by atoms with Crippen molar-refractivity contribution in [2.24, 2.45) is 5.92 Å². The summed E-state index contributed by atoms with van der Waals surface area (Å²) in [6.07, 6.45) is 8.57. The number of pyridine rings is 1. The third kappa shape index (κ3) is 9.48. The molecule has 1 aromatic carbocycles. The Kier molecular flexibility index (Phi) is 12.7. The number of amides is 2. The maximum absolute atomic E-state index is 13.5. The standard InChI is InChI=1S/C11H13FN4O.C10H13NO.C5H10.CH4/c1-13-11-15-9(5-10(17)16(11)2)7-3-4-14-6-8(7)12;1-11(2)10(12)8-9-6-4-3-5-7-9;1-5-3-2-4-5;/h3-6,11,13,15H,1-2H3;3-7H,8H2,1-2H3;5H,2-4H2,1H3;1H4. The lowest BCUT2D eigenvalue weighted by Gasteiger charge is -2.33. The summed E-state index contributed by atoms with van der Waals surface area (Å²) in [5.41, 5.74) is 1.85. The molecule has 2 amide bonds. The average molecular weight is 486 g/mol. The van der Waals surface area contributed by atoms with Crippen LogP contribution in [-0.4, -0.2) is 61.1 Å². The lowest BCUT2D eigenvalue weighted by Crippen LogP contribution is -2.55. The Hall–Kier alpha value is -3.26. The SMILES string of the molecule is C.CC1CCC1.CN(C)C(=O)Cc1ccccc1.CNC1NC(c2ccncc2F)=CC(=O)N1C. The Bertz CT molecular complexity index is 961. The Morgan fingerprint density at radius 2 is 1.86 bits per heavy atom. The normalized spacial score (nSPS) is 16.6. The predicted molar refractivity (Wildman–Crippen MR) is 140 cm³/mol. The quantitative estimate of drug-likeness (QED) is 0.687. The van der Waals surface area contributed by atoms with Crippen LogP contribution in [0.3, 0.4) is 0 Å². The first-order valence-corrected chi connectivity index (χ1v) is 11.5. The molecule has 8 heteroatoms. The van der Waals surface area contributed by atoms with Crippen LogP contribution in [0.2, 0.25) is 0 Å². The van der Waals surface area contributed by atoms with E-state index >= 15 is 0 Å². The molecule has 0 spiro atoms. The molecule has 0 saturated heterocycles. The van der Waals surface area contributed by atoms with Gasteiger partial charge in [-0.2, -0.15) is 0 Å². The summed E-state index contributed by atoms with van der Waals surface area (Å²) in [4.78, 5) is 29.7. The van der Waals surface area contributed by atoms with E-state index in [0.29, 0.717) is 17.7 Å². The number of carbonyl (C=O) groups excluding carboxylic acids is 2. The van der Waals surface area contributed by atoms with Crippen LogP contribution < -0.4 is 10.6 Å². The lowest BCUT2D eigenvalue weighted by molar-refractivity contribution is -0.128. The monoisotopic (exact) mass is 485 g/mol. The summed E-state index contributed by atoms with van der Waals surface area (Å²) in [5.74, 6) is 0.559. The van der Waals surface area contributed by atoms with Crippen LogP contribution in [0.25, 0.3) is 5.70 Å². The fraction of sp³-hybridized carbons (Fsp3) is 0.444. The third-order valence-electron chi connectivity index (χ3n) is 5.72. The van der Waals surface area contributed by atoms with E-state index in [9.17, 15) is 14.0 Å². The second kappa shape index (κ2) is 14.9. The number of rotatable bonds is 4. The van der Waals surface area contributed by atoms with E-state index in [-0.39, 0.29) is 25.5 Å². The van der Waals surface area contributed by atoms with Gasteiger partial charge >= 0.3 is 0 Å². The maximum atomic E-state index is 13.5. The molecule has 192 valence electrons. The van der Waals surface area contributed by atoms with E-state index < -0.39 is 5.82 Å². The predicted octanol–water partition coefficient (Wildman–Crippen LogP) is 3.89. The zero-order valence-electron chi connectivity index (χ0n) is 20.7. The number of hydrogen-bond acceptors (Lipinski definition) is 5. The van der Waals surface area contributed by atoms with Crippen molar-refractivity contribution in [3.05, 3.63) is 71.8 Å². The number of likely N-dealkylation sites (N-methyl/N-ethyl adjacent to an activating group) is 2. The topological polar surface area (TPSA) is 77.6 Å². The number of nitrogens with one attached hydrogen (secondary N) is 2. The molecule has 1 fully saturated rings. The van der Waals surface area contributed by atoms with E-state index in [0.717, 1.165) is 17.7 Å². The molecule has 2 heterocycles. The van der Waals surface area contributed by atoms with E-state index in [1.165, 1.54) is 42.5 Å². The summed E-state index contributed by atoms with van der Waals surface area (Å²) < 4.78 is 13.5. The molecule has 2 aromatic rings. The highest BCUT2D eigenvalue weighted by molar-refractivity contribution is 5.96. The summed E-state index contributed by atoms with van der Waals surface area (Å²) in [6, 6.07) is 11.3. The van der Waals surface area contributed by atoms with Crippen molar-refractivity contribution in [2.75, 3.05) is 28.2 Å². The van der Waals surface area contributed by atoms with E-state index in [2.05, 4.69) is 22.5 Å². The molecule has 1 unspecified atom stereocenters. The van der Waals surface area contributed by atoms with Crippen molar-refractivity contribution in [2.45, 2.75) is 46.3 Å². The summed E-state index contributed by atoms with van der Waals surface area (Å²) in [7, 11) is 6.91. The molecule has 1 aliphatic heterocycles. The van der Waals surface area contributed by atoms with Gasteiger partial charge in [0.25, 0.3) is 5.91 Å². The van der Waals surface area contributed by atoms with Crippen LogP contribution in [-0.2, 0) is 16.0 Å². The second-order valence-electron chi connectivity index (χ2n) is 8.68. The zero-order valence-corrected chi connectivity index (χ0v) is 20.7. The molecule has 2 aliphatic rings. The average Bonchev–Trinajstić information content (AvgIpc) is 2.81. The van der Waals surface area contributed by atoms with Crippen LogP contribution in [0.5, 0.6) is 0 Å². The number of benzene rings is 1. The molecule has 7 nitrogen and oxygen atoms in total. The molecule has 4 rings (SSSR count). The van der Waals surface area contributed by atoms with Gasteiger partial charge in [-0.15, -0.1) is 0 Å². The Morgan fingerprint density at radius 1 is 1.23 bits per heavy atom. The number of carbonyl (C=O) groups is 2. The van der Waals surface area contributed by atoms with E-state index in [4.69, 9.17) is 0 Å². The van der Waals surface area contributed by atoms with Crippen LogP contribution in [0.15, 0.2) is 54.9 Å². The largest absolute Gasteiger partial charge is 0.352 e. The van der Waals surface area contributed by atoms with E-state index in [1.807, 2.05) is 30.3 Å². The van der Waals surface area contributed by atoms with Crippen molar-refractivity contribution in [1.82, 2.24) is 25.4 Å². The van der Waals surface area contributed by atoms with Crippen molar-refractivity contribution in [3.63, 3.8) is 0 Å². The first-order chi connectivity index (χ1) is 16.2. The van der Waals surface area contributed by atoms with Gasteiger partial charge in [0, 0.05) is 39.0 Å². The van der Waals surface area contributed by atoms with Gasteiger partial charge in [0.05, 0.1) is 18.3 Å². The van der Waals surface area contributed by atoms with Gasteiger partial charge < -0.3 is 15.1 Å². The fourth-order valence-electron chi connectivity index (χ4n) is 3.19. The first kappa shape index (κ1) is 29.8. The Balaban J connectivity index is 0.000000295. The van der Waals surface area contributed by atoms with Gasteiger partial charge in [0.1, 0.15) is 0 Å². The summed E-state index contributed by atoms with van der Waals surface area (Å²) in [5, 5.41) is 5.95. The third-order valence-corrected chi connectivity index (χ3v) is 5.72. The van der Waals surface area contributed by atoms with Crippen molar-refractivity contribution >= 4 is 17.5 Å². The van der Waals surface area contributed by atoms with Gasteiger partial charge in [-0.3, -0.25) is 19.9 Å². The molecule has 35 heavy (non-hydrogen) atoms. The lowest BCUT2D eigenvalue weighted by atomic mass is 9.88. The van der Waals surface area contributed by atoms with Gasteiger partial charge in [-0.05, 0) is 24.6 Å². The molecule has 1 atom stereocenters. The number of aromatic nitrogens is 1. The van der Waals surface area contributed by atoms with Gasteiger partial charge in [0.15, 0.2) is 12.1 Å². The second-order valence-corrected chi connectivity index (χ2v) is 8.68. The number of halogens is 1. The minimum Gasteiger partial charge on any atom is -0.352 e. The highest BCUT2D eigenvalue weighted by Gasteiger charge is 2.24. The highest BCUT2D eigenvalue weighted by Crippen LogP contribution is 2.24. The van der Waals surface area contributed by atoms with Crippen LogP contribution in [0.1, 0.15) is 44.7 Å². The molecular formula is C27H40FN5O2. The highest BCUT2D eigenvalue weighted by atomic mass is 19.1. The molecule has 0 radical (unpaired) electrons. The first-order valence-electron chi connectivity index (χ1n) is 11.5. The van der Waals surface area contributed by atoms with E-state index in [1.54, 1.807) is 33.1 Å². The minimum absolute atomic E-state index is 0. The van der Waals surface area contributed by atoms with Gasteiger partial charge in [-0.1, -0.05) is 63.9 Å². The number of nitrogens with zero attached hydrogens (tertiary/aromatic N) is 3. The molecule has 1 saturated carbocycles. The van der Waals surface area contributed by atoms with Gasteiger partial charge in [-0.25, -0.2) is 4.39 Å². The molecule has 0 bridgehead atoms. The molecular weight excluding hydrogens is 445 g/mol. The molecule has 2 N–H and O–H groups in total. The fourth-order valence-corrected chi connectivity index (χ4v) is 3.19.